The summed E-state index contributed by atoms with van der Waals surface area (Å²) in [6.45, 7) is 7.02. The molecule has 2 aromatic carbocycles. The van der Waals surface area contributed by atoms with Gasteiger partial charge in [-0.25, -0.2) is 9.59 Å². The third-order valence-corrected chi connectivity index (χ3v) is 4.24. The van der Waals surface area contributed by atoms with E-state index in [0.29, 0.717) is 5.56 Å². The summed E-state index contributed by atoms with van der Waals surface area (Å²) in [5.41, 5.74) is -1.30. The maximum atomic E-state index is 12.7. The highest BCUT2D eigenvalue weighted by Crippen LogP contribution is 2.35. The topological polar surface area (TPSA) is 55.8 Å². The number of carbonyl (C=O) groups is 2. The van der Waals surface area contributed by atoms with E-state index in [4.69, 9.17) is 9.47 Å². The Kier molecular flexibility index (Phi) is 5.07. The second-order valence-corrected chi connectivity index (χ2v) is 7.13. The van der Waals surface area contributed by atoms with Gasteiger partial charge < -0.3 is 9.47 Å². The van der Waals surface area contributed by atoms with Gasteiger partial charge in [0.05, 0.1) is 7.11 Å². The van der Waals surface area contributed by atoms with Crippen molar-refractivity contribution in [2.24, 2.45) is 0 Å². The fourth-order valence-corrected chi connectivity index (χ4v) is 2.79. The summed E-state index contributed by atoms with van der Waals surface area (Å²) in [5, 5.41) is 1.86. The minimum absolute atomic E-state index is 0.530. The molecule has 5 nitrogen and oxygen atoms in total. The van der Waals surface area contributed by atoms with Crippen LogP contribution in [-0.2, 0) is 19.8 Å². The highest BCUT2D eigenvalue weighted by Gasteiger charge is 2.45. The summed E-state index contributed by atoms with van der Waals surface area (Å²) in [4.78, 5) is 26.6. The van der Waals surface area contributed by atoms with Crippen molar-refractivity contribution >= 4 is 22.8 Å². The number of likely N-dealkylation sites (N-methyl/N-ethyl adjacent to an activating group) is 1. The smallest absolute Gasteiger partial charge is 0.411 e. The first-order valence-electron chi connectivity index (χ1n) is 8.14. The zero-order valence-electron chi connectivity index (χ0n) is 15.6. The molecule has 134 valence electrons. The molecule has 25 heavy (non-hydrogen) atoms. The Morgan fingerprint density at radius 2 is 1.56 bits per heavy atom. The molecule has 5 heteroatoms. The zero-order valence-corrected chi connectivity index (χ0v) is 15.6. The number of hydrogen-bond donors (Lipinski definition) is 0. The molecule has 1 amide bonds. The number of carbonyl (C=O) groups excluding carboxylic acids is 2. The van der Waals surface area contributed by atoms with Crippen LogP contribution in [0.1, 0.15) is 33.3 Å². The van der Waals surface area contributed by atoms with E-state index in [1.165, 1.54) is 12.0 Å². The van der Waals surface area contributed by atoms with E-state index in [2.05, 4.69) is 0 Å². The Balaban J connectivity index is 2.62. The Hall–Kier alpha value is -2.56. The standard InChI is InChI=1S/C20H25NO4/c1-19(2,3)25-18(23)21(5)20(4,17(22)24-6)16-13-9-11-14-10-7-8-12-15(14)16/h7-13H,1-6H3. The summed E-state index contributed by atoms with van der Waals surface area (Å²) in [6.07, 6.45) is -0.590. The molecule has 0 saturated heterocycles. The Morgan fingerprint density at radius 3 is 2.16 bits per heavy atom. The molecule has 0 N–H and O–H groups in total. The summed E-state index contributed by atoms with van der Waals surface area (Å²) in [5.74, 6) is -0.530. The number of amides is 1. The van der Waals surface area contributed by atoms with E-state index in [-0.39, 0.29) is 0 Å². The molecule has 1 atom stereocenters. The number of esters is 1. The number of methoxy groups -OCH3 is 1. The van der Waals surface area contributed by atoms with Crippen molar-refractivity contribution in [2.45, 2.75) is 38.8 Å². The van der Waals surface area contributed by atoms with Gasteiger partial charge in [0.1, 0.15) is 5.60 Å². The van der Waals surface area contributed by atoms with Crippen LogP contribution >= 0.6 is 0 Å². The average molecular weight is 343 g/mol. The van der Waals surface area contributed by atoms with Crippen molar-refractivity contribution in [2.75, 3.05) is 14.2 Å². The molecule has 0 aliphatic carbocycles. The maximum absolute atomic E-state index is 12.7. The van der Waals surface area contributed by atoms with Crippen molar-refractivity contribution in [3.05, 3.63) is 48.0 Å². The van der Waals surface area contributed by atoms with Crippen molar-refractivity contribution in [1.29, 1.82) is 0 Å². The van der Waals surface area contributed by atoms with Gasteiger partial charge in [-0.2, -0.15) is 0 Å². The molecule has 2 rings (SSSR count). The summed E-state index contributed by atoms with van der Waals surface area (Å²) in [7, 11) is 2.86. The van der Waals surface area contributed by atoms with Gasteiger partial charge in [-0.3, -0.25) is 4.90 Å². The van der Waals surface area contributed by atoms with Gasteiger partial charge >= 0.3 is 12.1 Å². The largest absolute Gasteiger partial charge is 0.467 e. The van der Waals surface area contributed by atoms with Crippen molar-refractivity contribution in [1.82, 2.24) is 4.90 Å². The molecule has 0 radical (unpaired) electrons. The second-order valence-electron chi connectivity index (χ2n) is 7.13. The lowest BCUT2D eigenvalue weighted by molar-refractivity contribution is -0.153. The highest BCUT2D eigenvalue weighted by molar-refractivity contribution is 5.95. The lowest BCUT2D eigenvalue weighted by Crippen LogP contribution is -2.52. The number of fused-ring (bicyclic) bond motifs is 1. The molecule has 0 aromatic heterocycles. The van der Waals surface area contributed by atoms with E-state index in [9.17, 15) is 9.59 Å². The van der Waals surface area contributed by atoms with Crippen molar-refractivity contribution in [3.8, 4) is 0 Å². The Labute approximate surface area is 148 Å². The van der Waals surface area contributed by atoms with Crippen LogP contribution < -0.4 is 0 Å². The van der Waals surface area contributed by atoms with E-state index < -0.39 is 23.2 Å². The molecule has 0 spiro atoms. The number of ether oxygens (including phenoxy) is 2. The highest BCUT2D eigenvalue weighted by atomic mass is 16.6. The molecule has 0 aliphatic heterocycles. The van der Waals surface area contributed by atoms with Gasteiger partial charge in [0.15, 0.2) is 5.54 Å². The van der Waals surface area contributed by atoms with E-state index in [0.717, 1.165) is 10.8 Å². The van der Waals surface area contributed by atoms with Crippen LogP contribution in [0, 0.1) is 0 Å². The van der Waals surface area contributed by atoms with E-state index >= 15 is 0 Å². The SMILES string of the molecule is COC(=O)C(C)(c1cccc2ccccc12)N(C)C(=O)OC(C)(C)C. The van der Waals surface area contributed by atoms with Gasteiger partial charge in [-0.15, -0.1) is 0 Å². The second kappa shape index (κ2) is 6.75. The van der Waals surface area contributed by atoms with Gasteiger partial charge in [-0.1, -0.05) is 42.5 Å². The van der Waals surface area contributed by atoms with Crippen LogP contribution in [0.3, 0.4) is 0 Å². The van der Waals surface area contributed by atoms with Crippen molar-refractivity contribution < 1.29 is 19.1 Å². The quantitative estimate of drug-likeness (QED) is 0.788. The predicted molar refractivity (Wildman–Crippen MR) is 97.3 cm³/mol. The zero-order chi connectivity index (χ0) is 18.8. The molecule has 1 unspecified atom stereocenters. The van der Waals surface area contributed by atoms with Crippen LogP contribution in [0.2, 0.25) is 0 Å². The molecule has 2 aromatic rings. The lowest BCUT2D eigenvalue weighted by Gasteiger charge is -2.38. The Morgan fingerprint density at radius 1 is 0.960 bits per heavy atom. The Bertz CT molecular complexity index is 788. The van der Waals surface area contributed by atoms with Gasteiger partial charge in [-0.05, 0) is 44.0 Å². The van der Waals surface area contributed by atoms with Crippen molar-refractivity contribution in [3.63, 3.8) is 0 Å². The van der Waals surface area contributed by atoms with Gasteiger partial charge in [0.25, 0.3) is 0 Å². The number of rotatable bonds is 3. The number of benzene rings is 2. The third-order valence-electron chi connectivity index (χ3n) is 4.24. The van der Waals surface area contributed by atoms with Crippen LogP contribution in [0.25, 0.3) is 10.8 Å². The molecule has 0 saturated carbocycles. The minimum Gasteiger partial charge on any atom is -0.467 e. The van der Waals surface area contributed by atoms with Gasteiger partial charge in [0, 0.05) is 7.05 Å². The lowest BCUT2D eigenvalue weighted by atomic mass is 9.86. The van der Waals surface area contributed by atoms with Crippen LogP contribution in [0.5, 0.6) is 0 Å². The number of nitrogens with zero attached hydrogens (tertiary/aromatic N) is 1. The first-order chi connectivity index (χ1) is 11.6. The predicted octanol–water partition coefficient (Wildman–Crippen LogP) is 4.09. The summed E-state index contributed by atoms with van der Waals surface area (Å²) >= 11 is 0. The monoisotopic (exact) mass is 343 g/mol. The normalized spacial score (nSPS) is 13.8. The van der Waals surface area contributed by atoms with Crippen LogP contribution in [0.15, 0.2) is 42.5 Å². The summed E-state index contributed by atoms with van der Waals surface area (Å²) < 4.78 is 10.5. The van der Waals surface area contributed by atoms with E-state index in [1.807, 2.05) is 42.5 Å². The fraction of sp³-hybridized carbons (Fsp3) is 0.400. The number of hydrogen-bond acceptors (Lipinski definition) is 4. The van der Waals surface area contributed by atoms with E-state index in [1.54, 1.807) is 34.7 Å². The summed E-state index contributed by atoms with van der Waals surface area (Å²) in [6, 6.07) is 13.4. The minimum atomic E-state index is -1.32. The fourth-order valence-electron chi connectivity index (χ4n) is 2.79. The molecular weight excluding hydrogens is 318 g/mol. The molecule has 0 heterocycles. The molecule has 0 bridgehead atoms. The average Bonchev–Trinajstić information content (AvgIpc) is 2.57. The molecule has 0 aliphatic rings. The molecule has 0 fully saturated rings. The van der Waals surface area contributed by atoms with Crippen LogP contribution in [0.4, 0.5) is 4.79 Å². The maximum Gasteiger partial charge on any atom is 0.411 e. The van der Waals surface area contributed by atoms with Crippen LogP contribution in [-0.4, -0.2) is 36.7 Å². The third kappa shape index (κ3) is 3.60. The molecular formula is C20H25NO4. The first kappa shape index (κ1) is 18.8. The first-order valence-corrected chi connectivity index (χ1v) is 8.14. The van der Waals surface area contributed by atoms with Gasteiger partial charge in [0.2, 0.25) is 0 Å².